The van der Waals surface area contributed by atoms with Crippen molar-refractivity contribution in [3.05, 3.63) is 0 Å². The molecule has 0 heterocycles. The SMILES string of the molecule is C#CC#CC#CC#CC#C[N+](C)(C)C#CC#CC#CC#CC#C.[HH].[HH].[HH].[HH].[HH].[HH].[HH].[HH].[HH].[HH]. The van der Waals surface area contributed by atoms with Crippen molar-refractivity contribution < 1.29 is 18.7 Å². The van der Waals surface area contributed by atoms with E-state index in [1.54, 1.807) is 14.1 Å². The van der Waals surface area contributed by atoms with E-state index in [4.69, 9.17) is 12.8 Å². The molecule has 0 bridgehead atoms. The summed E-state index contributed by atoms with van der Waals surface area (Å²) < 4.78 is 0.109. The van der Waals surface area contributed by atoms with E-state index >= 15 is 0 Å². The highest BCUT2D eigenvalue weighted by atomic mass is 15.3. The van der Waals surface area contributed by atoms with Gasteiger partial charge in [0.1, 0.15) is 0 Å². The van der Waals surface area contributed by atoms with Gasteiger partial charge in [0.05, 0.1) is 25.9 Å². The summed E-state index contributed by atoms with van der Waals surface area (Å²) in [6.45, 7) is 0. The van der Waals surface area contributed by atoms with Crippen LogP contribution in [0.15, 0.2) is 0 Å². The van der Waals surface area contributed by atoms with E-state index in [2.05, 4.69) is 107 Å². The van der Waals surface area contributed by atoms with Gasteiger partial charge in [-0.25, -0.2) is 0 Å². The zero-order chi connectivity index (χ0) is 17.2. The fourth-order valence-electron chi connectivity index (χ4n) is 0.748. The molecule has 0 saturated heterocycles. The molecule has 23 heavy (non-hydrogen) atoms. The van der Waals surface area contributed by atoms with E-state index in [1.165, 1.54) is 0 Å². The lowest BCUT2D eigenvalue weighted by Crippen LogP contribution is -2.27. The van der Waals surface area contributed by atoms with Crippen molar-refractivity contribution in [3.63, 3.8) is 0 Å². The van der Waals surface area contributed by atoms with Crippen molar-refractivity contribution in [2.24, 2.45) is 0 Å². The highest BCUT2D eigenvalue weighted by molar-refractivity contribution is 5.42. The Balaban J connectivity index is -0.0000000538. The first-order valence-electron chi connectivity index (χ1n) is 5.92. The first-order chi connectivity index (χ1) is 11.1. The average molecular weight is 306 g/mol. The van der Waals surface area contributed by atoms with E-state index in [0.717, 1.165) is 0 Å². The van der Waals surface area contributed by atoms with Crippen LogP contribution >= 0.6 is 0 Å². The second-order valence-electron chi connectivity index (χ2n) is 3.72. The molecule has 0 aliphatic carbocycles. The maximum absolute atomic E-state index is 4.93. The van der Waals surface area contributed by atoms with Crippen LogP contribution in [0.2, 0.25) is 0 Å². The second-order valence-corrected chi connectivity index (χ2v) is 3.72. The number of nitrogens with zero attached hydrogens (tertiary/aromatic N) is 1. The Hall–Kier alpha value is -4.44. The van der Waals surface area contributed by atoms with Gasteiger partial charge in [0.2, 0.25) is 0 Å². The Morgan fingerprint density at radius 1 is 0.478 bits per heavy atom. The van der Waals surface area contributed by atoms with Gasteiger partial charge >= 0.3 is 0 Å². The molecule has 1 nitrogen and oxygen atoms in total. The van der Waals surface area contributed by atoms with Gasteiger partial charge in [0, 0.05) is 49.8 Å². The Kier molecular flexibility index (Phi) is 10.2. The van der Waals surface area contributed by atoms with Gasteiger partial charge in [0.25, 0.3) is 0 Å². The Labute approximate surface area is 153 Å². The quantitative estimate of drug-likeness (QED) is 0.477. The maximum Gasteiger partial charge on any atom is 0.165 e. The monoisotopic (exact) mass is 306 g/mol. The van der Waals surface area contributed by atoms with Gasteiger partial charge < -0.3 is 0 Å². The highest BCUT2D eigenvalue weighted by Gasteiger charge is 2.06. The molecule has 0 unspecified atom stereocenters. The summed E-state index contributed by atoms with van der Waals surface area (Å²) >= 11 is 0. The van der Waals surface area contributed by atoms with Crippen molar-refractivity contribution in [1.29, 1.82) is 0 Å². The van der Waals surface area contributed by atoms with Crippen molar-refractivity contribution in [2.75, 3.05) is 14.1 Å². The van der Waals surface area contributed by atoms with Crippen LogP contribution in [-0.4, -0.2) is 18.6 Å². The molecule has 0 atom stereocenters. The van der Waals surface area contributed by atoms with Gasteiger partial charge in [-0.1, -0.05) is 0 Å². The first-order valence-corrected chi connectivity index (χ1v) is 5.92. The van der Waals surface area contributed by atoms with Crippen LogP contribution in [0.3, 0.4) is 0 Å². The first kappa shape index (κ1) is 18.6. The maximum atomic E-state index is 4.93. The van der Waals surface area contributed by atoms with Crippen LogP contribution in [0.5, 0.6) is 0 Å². The molecule has 0 amide bonds. The van der Waals surface area contributed by atoms with E-state index in [0.29, 0.717) is 0 Å². The predicted octanol–water partition coefficient (Wildman–Crippen LogP) is 2.73. The van der Waals surface area contributed by atoms with Crippen LogP contribution in [0.25, 0.3) is 0 Å². The molecule has 0 aromatic heterocycles. The van der Waals surface area contributed by atoms with Crippen LogP contribution in [0, 0.1) is 120 Å². The normalized spacial score (nSPS) is 5.57. The summed E-state index contributed by atoms with van der Waals surface area (Å²) in [6, 6.07) is 5.67. The van der Waals surface area contributed by atoms with Crippen molar-refractivity contribution in [1.82, 2.24) is 0 Å². The molecule has 0 saturated carbocycles. The summed E-state index contributed by atoms with van der Waals surface area (Å²) in [5.41, 5.74) is 0. The van der Waals surface area contributed by atoms with E-state index in [1.807, 2.05) is 0 Å². The molecule has 120 valence electrons. The number of hydrogen-bond acceptors (Lipinski definition) is 0. The molecule has 0 spiro atoms. The zero-order valence-electron chi connectivity index (χ0n) is 12.6. The molecule has 0 fully saturated rings. The molecule has 1 heteroatoms. The lowest BCUT2D eigenvalue weighted by atomic mass is 10.5. The Morgan fingerprint density at radius 2 is 0.739 bits per heavy atom. The third-order valence-electron chi connectivity index (χ3n) is 1.57. The standard InChI is InChI=1S/C22H8N.10H2/c1-5-7-9-11-13-15-17-19-21-23(3,4)22-20-18-16-14-12-10-8-6-2;;;;;;;;;;/h1-2H,3-4H3;10*1H/q+1;;;;;;;;;;. The molecule has 0 aromatic rings. The summed E-state index contributed by atoms with van der Waals surface area (Å²) in [4.78, 5) is 0. The van der Waals surface area contributed by atoms with Crippen LogP contribution < -0.4 is 0 Å². The van der Waals surface area contributed by atoms with Crippen LogP contribution in [0.4, 0.5) is 0 Å². The zero-order valence-corrected chi connectivity index (χ0v) is 12.6. The minimum Gasteiger partial charge on any atom is -0.174 e. The second kappa shape index (κ2) is 12.6. The van der Waals surface area contributed by atoms with Gasteiger partial charge in [-0.3, -0.25) is 0 Å². The summed E-state index contributed by atoms with van der Waals surface area (Å²) in [5, 5.41) is 0. The van der Waals surface area contributed by atoms with E-state index in [-0.39, 0.29) is 18.7 Å². The minimum atomic E-state index is 0. The molecule has 0 aliphatic rings. The van der Waals surface area contributed by atoms with Gasteiger partial charge in [0.15, 0.2) is 12.1 Å². The molecular weight excluding hydrogens is 278 g/mol. The van der Waals surface area contributed by atoms with Crippen LogP contribution in [-0.2, 0) is 0 Å². The summed E-state index contributed by atoms with van der Waals surface area (Å²) in [6.07, 6.45) is 9.86. The number of quaternary nitrogens is 1. The molecule has 0 aliphatic heterocycles. The smallest absolute Gasteiger partial charge is 0.165 e. The van der Waals surface area contributed by atoms with E-state index < -0.39 is 0 Å². The summed E-state index contributed by atoms with van der Waals surface area (Å²) in [7, 11) is 3.58. The molecule has 0 aromatic carbocycles. The van der Waals surface area contributed by atoms with Crippen LogP contribution in [0.1, 0.15) is 14.3 Å². The number of hydrogen-bond donors (Lipinski definition) is 0. The van der Waals surface area contributed by atoms with Crippen molar-refractivity contribution in [2.45, 2.75) is 0 Å². The lowest BCUT2D eigenvalue weighted by molar-refractivity contribution is -0.748. The average Bonchev–Trinajstić information content (AvgIpc) is 2.52. The third kappa shape index (κ3) is 13.8. The predicted molar refractivity (Wildman–Crippen MR) is 113 cm³/mol. The number of rotatable bonds is 0. The van der Waals surface area contributed by atoms with Gasteiger partial charge in [-0.15, -0.1) is 12.8 Å². The van der Waals surface area contributed by atoms with E-state index in [9.17, 15) is 0 Å². The summed E-state index contributed by atoms with van der Waals surface area (Å²) in [5.74, 6) is 39.3. The van der Waals surface area contributed by atoms with Gasteiger partial charge in [-0.05, 0) is 47.4 Å². The molecule has 0 radical (unpaired) electrons. The molecular formula is C22H28N+. The van der Waals surface area contributed by atoms with Crippen molar-refractivity contribution >= 4 is 0 Å². The Morgan fingerprint density at radius 3 is 1.04 bits per heavy atom. The number of terminal acetylenes is 2. The van der Waals surface area contributed by atoms with Gasteiger partial charge in [-0.2, -0.15) is 4.48 Å². The highest BCUT2D eigenvalue weighted by Crippen LogP contribution is 1.88. The lowest BCUT2D eigenvalue weighted by Gasteiger charge is -2.08. The Bertz CT molecular complexity index is 979. The molecule has 0 rings (SSSR count). The fourth-order valence-corrected chi connectivity index (χ4v) is 0.748. The minimum absolute atomic E-state index is 0. The molecule has 0 N–H and O–H groups in total. The fraction of sp³-hybridized carbons (Fsp3) is 0.0909. The largest absolute Gasteiger partial charge is 0.174 e. The topological polar surface area (TPSA) is 0 Å². The third-order valence-corrected chi connectivity index (χ3v) is 1.57. The van der Waals surface area contributed by atoms with Crippen molar-refractivity contribution in [3.8, 4) is 120 Å².